The van der Waals surface area contributed by atoms with Crippen molar-refractivity contribution in [3.05, 3.63) is 18.2 Å². The zero-order valence-electron chi connectivity index (χ0n) is 12.4. The Morgan fingerprint density at radius 2 is 2.29 bits per heavy atom. The third-order valence-electron chi connectivity index (χ3n) is 5.04. The number of nitrogens with zero attached hydrogens (tertiary/aromatic N) is 2. The van der Waals surface area contributed by atoms with Crippen LogP contribution < -0.4 is 11.1 Å². The van der Waals surface area contributed by atoms with E-state index in [1.165, 1.54) is 19.3 Å². The zero-order valence-corrected chi connectivity index (χ0v) is 12.4. The lowest BCUT2D eigenvalue weighted by Crippen LogP contribution is -2.48. The van der Waals surface area contributed by atoms with Gasteiger partial charge in [-0.05, 0) is 50.3 Å². The van der Waals surface area contributed by atoms with Crippen molar-refractivity contribution in [2.75, 3.05) is 17.7 Å². The molecule has 0 radical (unpaired) electrons. The lowest BCUT2D eigenvalue weighted by atomic mass is 9.74. The van der Waals surface area contributed by atoms with Gasteiger partial charge < -0.3 is 20.4 Å². The summed E-state index contributed by atoms with van der Waals surface area (Å²) in [4.78, 5) is 4.40. The van der Waals surface area contributed by atoms with E-state index in [2.05, 4.69) is 28.5 Å². The normalized spacial score (nSPS) is 24.1. The van der Waals surface area contributed by atoms with Crippen LogP contribution in [0.2, 0.25) is 0 Å². The van der Waals surface area contributed by atoms with Crippen LogP contribution in [0.3, 0.4) is 0 Å². The van der Waals surface area contributed by atoms with E-state index in [0.717, 1.165) is 36.2 Å². The maximum absolute atomic E-state index is 5.99. The molecule has 2 aromatic rings. The standard InChI is InChI=1S/C16H22N4O/c1-20-14-4-3-11(9-13(14)19-15(20)17)18-12-5-8-21-16(10-12)6-2-7-16/h3-4,9,12,18H,2,5-8,10H2,1H3,(H2,17,19)/t12-/m1/s1. The number of ether oxygens (including phenoxy) is 1. The van der Waals surface area contributed by atoms with Gasteiger partial charge in [0, 0.05) is 25.4 Å². The van der Waals surface area contributed by atoms with E-state index in [1.54, 1.807) is 0 Å². The quantitative estimate of drug-likeness (QED) is 0.891. The average Bonchev–Trinajstić information content (AvgIpc) is 2.72. The number of fused-ring (bicyclic) bond motifs is 1. The number of imidazole rings is 1. The Morgan fingerprint density at radius 1 is 1.43 bits per heavy atom. The maximum Gasteiger partial charge on any atom is 0.200 e. The van der Waals surface area contributed by atoms with E-state index in [1.807, 2.05) is 11.6 Å². The Kier molecular flexibility index (Phi) is 2.85. The summed E-state index contributed by atoms with van der Waals surface area (Å²) in [5.41, 5.74) is 9.19. The zero-order chi connectivity index (χ0) is 14.4. The van der Waals surface area contributed by atoms with E-state index >= 15 is 0 Å². The predicted molar refractivity (Wildman–Crippen MR) is 84.3 cm³/mol. The lowest BCUT2D eigenvalue weighted by Gasteiger charge is -2.47. The summed E-state index contributed by atoms with van der Waals surface area (Å²) in [6, 6.07) is 6.79. The first-order valence-corrected chi connectivity index (χ1v) is 7.78. The van der Waals surface area contributed by atoms with Gasteiger partial charge in [0.2, 0.25) is 5.95 Å². The third-order valence-corrected chi connectivity index (χ3v) is 5.04. The lowest BCUT2D eigenvalue weighted by molar-refractivity contribution is -0.130. The van der Waals surface area contributed by atoms with Crippen molar-refractivity contribution in [2.24, 2.45) is 7.05 Å². The first kappa shape index (κ1) is 13.0. The van der Waals surface area contributed by atoms with Crippen molar-refractivity contribution in [3.8, 4) is 0 Å². The van der Waals surface area contributed by atoms with E-state index in [0.29, 0.717) is 12.0 Å². The Balaban J connectivity index is 1.54. The number of benzene rings is 1. The van der Waals surface area contributed by atoms with Crippen LogP contribution in [-0.4, -0.2) is 27.8 Å². The van der Waals surface area contributed by atoms with Gasteiger partial charge in [0.1, 0.15) is 0 Å². The van der Waals surface area contributed by atoms with Crippen LogP contribution >= 0.6 is 0 Å². The highest BCUT2D eigenvalue weighted by Crippen LogP contribution is 2.42. The smallest absolute Gasteiger partial charge is 0.200 e. The largest absolute Gasteiger partial charge is 0.382 e. The highest BCUT2D eigenvalue weighted by Gasteiger charge is 2.42. The highest BCUT2D eigenvalue weighted by atomic mass is 16.5. The molecule has 1 aromatic carbocycles. The molecule has 0 unspecified atom stereocenters. The summed E-state index contributed by atoms with van der Waals surface area (Å²) >= 11 is 0. The Morgan fingerprint density at radius 3 is 3.05 bits per heavy atom. The molecular formula is C16H22N4O. The minimum atomic E-state index is 0.176. The number of aromatic nitrogens is 2. The van der Waals surface area contributed by atoms with Gasteiger partial charge >= 0.3 is 0 Å². The fourth-order valence-corrected chi connectivity index (χ4v) is 3.61. The molecule has 2 aliphatic rings. The predicted octanol–water partition coefficient (Wildman–Crippen LogP) is 2.67. The molecule has 1 saturated carbocycles. The van der Waals surface area contributed by atoms with Gasteiger partial charge in [-0.3, -0.25) is 0 Å². The molecular weight excluding hydrogens is 264 g/mol. The minimum Gasteiger partial charge on any atom is -0.382 e. The Hall–Kier alpha value is -1.75. The molecule has 1 atom stereocenters. The van der Waals surface area contributed by atoms with Crippen molar-refractivity contribution >= 4 is 22.7 Å². The number of anilines is 2. The van der Waals surface area contributed by atoms with E-state index in [9.17, 15) is 0 Å². The topological polar surface area (TPSA) is 65.1 Å². The van der Waals surface area contributed by atoms with Crippen molar-refractivity contribution in [3.63, 3.8) is 0 Å². The minimum absolute atomic E-state index is 0.176. The number of nitrogens with two attached hydrogens (primary N) is 1. The van der Waals surface area contributed by atoms with Gasteiger partial charge in [-0.15, -0.1) is 0 Å². The Labute approximate surface area is 124 Å². The van der Waals surface area contributed by atoms with Gasteiger partial charge in [-0.1, -0.05) is 0 Å². The highest BCUT2D eigenvalue weighted by molar-refractivity contribution is 5.82. The van der Waals surface area contributed by atoms with Crippen LogP contribution in [0, 0.1) is 0 Å². The SMILES string of the molecule is Cn1c(N)nc2cc(N[C@@H]3CCOC4(CCC4)C3)ccc21. The van der Waals surface area contributed by atoms with Crippen LogP contribution in [-0.2, 0) is 11.8 Å². The summed E-state index contributed by atoms with van der Waals surface area (Å²) < 4.78 is 7.90. The first-order chi connectivity index (χ1) is 10.2. The molecule has 2 heterocycles. The average molecular weight is 286 g/mol. The summed E-state index contributed by atoms with van der Waals surface area (Å²) in [6.45, 7) is 0.871. The molecule has 4 rings (SSSR count). The van der Waals surface area contributed by atoms with Gasteiger partial charge in [-0.2, -0.15) is 0 Å². The molecule has 112 valence electrons. The van der Waals surface area contributed by atoms with Crippen molar-refractivity contribution < 1.29 is 4.74 Å². The van der Waals surface area contributed by atoms with E-state index in [-0.39, 0.29) is 5.60 Å². The van der Waals surface area contributed by atoms with Gasteiger partial charge in [-0.25, -0.2) is 4.98 Å². The number of aryl methyl sites for hydroxylation is 1. The number of nitrogen functional groups attached to an aromatic ring is 1. The van der Waals surface area contributed by atoms with Crippen LogP contribution in [0.1, 0.15) is 32.1 Å². The monoisotopic (exact) mass is 286 g/mol. The second kappa shape index (κ2) is 4.63. The second-order valence-corrected chi connectivity index (χ2v) is 6.45. The van der Waals surface area contributed by atoms with Gasteiger partial charge in [0.25, 0.3) is 0 Å². The van der Waals surface area contributed by atoms with Crippen LogP contribution in [0.4, 0.5) is 11.6 Å². The molecule has 0 amide bonds. The molecule has 5 nitrogen and oxygen atoms in total. The van der Waals surface area contributed by atoms with Gasteiger partial charge in [0.05, 0.1) is 16.6 Å². The first-order valence-electron chi connectivity index (χ1n) is 7.78. The number of nitrogens with one attached hydrogen (secondary N) is 1. The molecule has 1 saturated heterocycles. The number of hydrogen-bond acceptors (Lipinski definition) is 4. The molecule has 3 N–H and O–H groups in total. The third kappa shape index (κ3) is 2.16. The summed E-state index contributed by atoms with van der Waals surface area (Å²) in [6.07, 6.45) is 5.95. The van der Waals surface area contributed by atoms with E-state index in [4.69, 9.17) is 10.5 Å². The van der Waals surface area contributed by atoms with Crippen LogP contribution in [0.5, 0.6) is 0 Å². The maximum atomic E-state index is 5.99. The molecule has 1 spiro atoms. The van der Waals surface area contributed by atoms with Crippen LogP contribution in [0.25, 0.3) is 11.0 Å². The summed E-state index contributed by atoms with van der Waals surface area (Å²) in [5.74, 6) is 0.557. The molecule has 21 heavy (non-hydrogen) atoms. The van der Waals surface area contributed by atoms with Gasteiger partial charge in [0.15, 0.2) is 0 Å². The Bertz CT molecular complexity index is 674. The summed E-state index contributed by atoms with van der Waals surface area (Å²) in [5, 5.41) is 3.66. The van der Waals surface area contributed by atoms with Crippen molar-refractivity contribution in [1.82, 2.24) is 9.55 Å². The molecule has 2 fully saturated rings. The van der Waals surface area contributed by atoms with Crippen molar-refractivity contribution in [1.29, 1.82) is 0 Å². The number of rotatable bonds is 2. The fourth-order valence-electron chi connectivity index (χ4n) is 3.61. The second-order valence-electron chi connectivity index (χ2n) is 6.45. The molecule has 1 aromatic heterocycles. The molecule has 0 bridgehead atoms. The van der Waals surface area contributed by atoms with Crippen LogP contribution in [0.15, 0.2) is 18.2 Å². The number of hydrogen-bond donors (Lipinski definition) is 2. The van der Waals surface area contributed by atoms with E-state index < -0.39 is 0 Å². The van der Waals surface area contributed by atoms with Crippen molar-refractivity contribution in [2.45, 2.75) is 43.7 Å². The fraction of sp³-hybridized carbons (Fsp3) is 0.562. The molecule has 1 aliphatic heterocycles. The summed E-state index contributed by atoms with van der Waals surface area (Å²) in [7, 11) is 1.94. The molecule has 5 heteroatoms. The molecule has 1 aliphatic carbocycles.